The van der Waals surface area contributed by atoms with Crippen LogP contribution in [0.2, 0.25) is 0 Å². The third-order valence-corrected chi connectivity index (χ3v) is 3.27. The van der Waals surface area contributed by atoms with Gasteiger partial charge in [-0.05, 0) is 18.8 Å². The van der Waals surface area contributed by atoms with Crippen molar-refractivity contribution in [3.05, 3.63) is 0 Å². The lowest BCUT2D eigenvalue weighted by molar-refractivity contribution is -0.140. The van der Waals surface area contributed by atoms with Gasteiger partial charge < -0.3 is 20.1 Å². The lowest BCUT2D eigenvalue weighted by atomic mass is 10.0. The van der Waals surface area contributed by atoms with E-state index in [9.17, 15) is 9.59 Å². The predicted molar refractivity (Wildman–Crippen MR) is 66.4 cm³/mol. The van der Waals surface area contributed by atoms with Gasteiger partial charge in [0.05, 0.1) is 6.10 Å². The summed E-state index contributed by atoms with van der Waals surface area (Å²) in [6, 6.07) is -1.14. The van der Waals surface area contributed by atoms with Crippen LogP contribution in [0.1, 0.15) is 26.7 Å². The highest BCUT2D eigenvalue weighted by atomic mass is 16.5. The maximum atomic E-state index is 11.9. The number of hydrogen-bond acceptors (Lipinski definition) is 3. The van der Waals surface area contributed by atoms with E-state index in [4.69, 9.17) is 9.84 Å². The Morgan fingerprint density at radius 3 is 2.28 bits per heavy atom. The third-order valence-electron chi connectivity index (χ3n) is 3.27. The molecule has 1 aliphatic rings. The zero-order valence-corrected chi connectivity index (χ0v) is 11.2. The Bertz CT molecular complexity index is 298. The molecule has 1 rings (SSSR count). The first-order valence-electron chi connectivity index (χ1n) is 6.26. The second kappa shape index (κ2) is 6.58. The highest BCUT2D eigenvalue weighted by Crippen LogP contribution is 2.13. The van der Waals surface area contributed by atoms with Crippen molar-refractivity contribution in [1.82, 2.24) is 10.2 Å². The molecule has 0 saturated carbocycles. The third kappa shape index (κ3) is 3.87. The largest absolute Gasteiger partial charge is 0.480 e. The SMILES string of the molecule is COC1CCN(C(=O)NC(C(=O)O)C(C)C)CC1. The van der Waals surface area contributed by atoms with Crippen molar-refractivity contribution in [3.8, 4) is 0 Å². The Morgan fingerprint density at radius 2 is 1.89 bits per heavy atom. The molecule has 1 atom stereocenters. The maximum absolute atomic E-state index is 11.9. The number of amides is 2. The van der Waals surface area contributed by atoms with Crippen LogP contribution >= 0.6 is 0 Å². The van der Waals surface area contributed by atoms with Crippen LogP contribution in [-0.2, 0) is 9.53 Å². The number of urea groups is 1. The Morgan fingerprint density at radius 1 is 1.33 bits per heavy atom. The van der Waals surface area contributed by atoms with Crippen LogP contribution in [0.3, 0.4) is 0 Å². The standard InChI is InChI=1S/C12H22N2O4/c1-8(2)10(11(15)16)13-12(17)14-6-4-9(18-3)5-7-14/h8-10H,4-7H2,1-3H3,(H,13,17)(H,15,16). The summed E-state index contributed by atoms with van der Waals surface area (Å²) >= 11 is 0. The summed E-state index contributed by atoms with van der Waals surface area (Å²) in [5.41, 5.74) is 0. The second-order valence-electron chi connectivity index (χ2n) is 4.93. The number of nitrogens with one attached hydrogen (secondary N) is 1. The number of methoxy groups -OCH3 is 1. The van der Waals surface area contributed by atoms with Gasteiger partial charge in [0, 0.05) is 20.2 Å². The summed E-state index contributed by atoms with van der Waals surface area (Å²) in [6.07, 6.45) is 1.79. The molecular formula is C12H22N2O4. The van der Waals surface area contributed by atoms with Gasteiger partial charge in [-0.2, -0.15) is 0 Å². The number of carboxylic acids is 1. The van der Waals surface area contributed by atoms with E-state index in [0.29, 0.717) is 13.1 Å². The molecule has 0 bridgehead atoms. The molecule has 1 fully saturated rings. The van der Waals surface area contributed by atoms with Crippen molar-refractivity contribution in [3.63, 3.8) is 0 Å². The van der Waals surface area contributed by atoms with Crippen LogP contribution in [0.15, 0.2) is 0 Å². The van der Waals surface area contributed by atoms with E-state index in [1.165, 1.54) is 0 Å². The van der Waals surface area contributed by atoms with Gasteiger partial charge in [-0.15, -0.1) is 0 Å². The van der Waals surface area contributed by atoms with Gasteiger partial charge in [0.2, 0.25) is 0 Å². The number of aliphatic carboxylic acids is 1. The van der Waals surface area contributed by atoms with E-state index in [2.05, 4.69) is 5.32 Å². The predicted octanol–water partition coefficient (Wildman–Crippen LogP) is 0.916. The topological polar surface area (TPSA) is 78.9 Å². The average molecular weight is 258 g/mol. The molecule has 0 aliphatic carbocycles. The van der Waals surface area contributed by atoms with Gasteiger partial charge in [0.1, 0.15) is 6.04 Å². The van der Waals surface area contributed by atoms with Crippen molar-refractivity contribution in [1.29, 1.82) is 0 Å². The molecular weight excluding hydrogens is 236 g/mol. The fraction of sp³-hybridized carbons (Fsp3) is 0.833. The highest BCUT2D eigenvalue weighted by Gasteiger charge is 2.28. The molecule has 0 aromatic heterocycles. The van der Waals surface area contributed by atoms with Crippen molar-refractivity contribution in [2.45, 2.75) is 38.8 Å². The molecule has 0 spiro atoms. The van der Waals surface area contributed by atoms with E-state index in [1.807, 2.05) is 0 Å². The van der Waals surface area contributed by atoms with Gasteiger partial charge in [0.25, 0.3) is 0 Å². The van der Waals surface area contributed by atoms with Crippen LogP contribution in [0, 0.1) is 5.92 Å². The Hall–Kier alpha value is -1.30. The smallest absolute Gasteiger partial charge is 0.326 e. The van der Waals surface area contributed by atoms with E-state index >= 15 is 0 Å². The molecule has 0 radical (unpaired) electrons. The summed E-state index contributed by atoms with van der Waals surface area (Å²) in [7, 11) is 1.67. The van der Waals surface area contributed by atoms with Gasteiger partial charge in [0.15, 0.2) is 0 Å². The number of carbonyl (C=O) groups excluding carboxylic acids is 1. The molecule has 1 saturated heterocycles. The zero-order chi connectivity index (χ0) is 13.7. The number of piperidine rings is 1. The molecule has 18 heavy (non-hydrogen) atoms. The van der Waals surface area contributed by atoms with Crippen molar-refractivity contribution in [2.75, 3.05) is 20.2 Å². The van der Waals surface area contributed by atoms with Crippen LogP contribution in [0.4, 0.5) is 4.79 Å². The normalized spacial score (nSPS) is 18.8. The Labute approximate surface area is 107 Å². The maximum Gasteiger partial charge on any atom is 0.326 e. The van der Waals surface area contributed by atoms with E-state index in [0.717, 1.165) is 12.8 Å². The monoisotopic (exact) mass is 258 g/mol. The Kier molecular flexibility index (Phi) is 5.40. The summed E-state index contributed by atoms with van der Waals surface area (Å²) in [6.45, 7) is 4.76. The number of nitrogens with zero attached hydrogens (tertiary/aromatic N) is 1. The lowest BCUT2D eigenvalue weighted by Gasteiger charge is -2.32. The van der Waals surface area contributed by atoms with Gasteiger partial charge in [-0.25, -0.2) is 9.59 Å². The minimum atomic E-state index is -0.995. The number of ether oxygens (including phenoxy) is 1. The van der Waals surface area contributed by atoms with Gasteiger partial charge in [-0.1, -0.05) is 13.8 Å². The first-order valence-corrected chi connectivity index (χ1v) is 6.26. The molecule has 0 aromatic carbocycles. The first kappa shape index (κ1) is 14.8. The number of likely N-dealkylation sites (tertiary alicyclic amines) is 1. The number of hydrogen-bond donors (Lipinski definition) is 2. The van der Waals surface area contributed by atoms with Crippen molar-refractivity contribution in [2.24, 2.45) is 5.92 Å². The van der Waals surface area contributed by atoms with Crippen molar-refractivity contribution < 1.29 is 19.4 Å². The summed E-state index contributed by atoms with van der Waals surface area (Å²) in [5.74, 6) is -1.13. The van der Waals surface area contributed by atoms with E-state index in [-0.39, 0.29) is 18.1 Å². The van der Waals surface area contributed by atoms with Crippen LogP contribution < -0.4 is 5.32 Å². The molecule has 6 nitrogen and oxygen atoms in total. The zero-order valence-electron chi connectivity index (χ0n) is 11.2. The minimum absolute atomic E-state index is 0.136. The van der Waals surface area contributed by atoms with Crippen LogP contribution in [-0.4, -0.2) is 54.4 Å². The average Bonchev–Trinajstić information content (AvgIpc) is 2.35. The molecule has 104 valence electrons. The fourth-order valence-corrected chi connectivity index (χ4v) is 2.03. The molecule has 1 unspecified atom stereocenters. The Balaban J connectivity index is 2.48. The molecule has 0 aromatic rings. The van der Waals surface area contributed by atoms with Crippen molar-refractivity contribution >= 4 is 12.0 Å². The van der Waals surface area contributed by atoms with Crippen LogP contribution in [0.25, 0.3) is 0 Å². The quantitative estimate of drug-likeness (QED) is 0.785. The molecule has 1 aliphatic heterocycles. The number of carboxylic acid groups (broad SMARTS) is 1. The highest BCUT2D eigenvalue weighted by molar-refractivity contribution is 5.82. The molecule has 2 N–H and O–H groups in total. The lowest BCUT2D eigenvalue weighted by Crippen LogP contribution is -2.52. The summed E-state index contributed by atoms with van der Waals surface area (Å²) in [4.78, 5) is 24.6. The minimum Gasteiger partial charge on any atom is -0.480 e. The first-order chi connectivity index (χ1) is 8.45. The summed E-state index contributed by atoms with van der Waals surface area (Å²) < 4.78 is 5.22. The molecule has 1 heterocycles. The number of rotatable bonds is 4. The van der Waals surface area contributed by atoms with Crippen LogP contribution in [0.5, 0.6) is 0 Å². The van der Waals surface area contributed by atoms with Gasteiger partial charge >= 0.3 is 12.0 Å². The van der Waals surface area contributed by atoms with E-state index < -0.39 is 12.0 Å². The summed E-state index contributed by atoms with van der Waals surface area (Å²) in [5, 5.41) is 11.6. The number of carbonyl (C=O) groups is 2. The second-order valence-corrected chi connectivity index (χ2v) is 4.93. The fourth-order valence-electron chi connectivity index (χ4n) is 2.03. The van der Waals surface area contributed by atoms with Gasteiger partial charge in [-0.3, -0.25) is 0 Å². The van der Waals surface area contributed by atoms with E-state index in [1.54, 1.807) is 25.9 Å². The molecule has 6 heteroatoms. The molecule has 2 amide bonds.